The first-order valence-electron chi connectivity index (χ1n) is 41.0. The third kappa shape index (κ3) is 14.6. The van der Waals surface area contributed by atoms with Crippen LogP contribution in [0.4, 0.5) is 15.8 Å². The number of hydrogen-bond acceptors (Lipinski definition) is 13. The number of nitrogens with zero attached hydrogens (tertiary/aromatic N) is 8. The molecule has 10 aromatic rings. The number of hydrogen-bond donors (Lipinski definition) is 3. The van der Waals surface area contributed by atoms with Crippen molar-refractivity contribution < 1.29 is 66.6 Å². The lowest BCUT2D eigenvalue weighted by Crippen LogP contribution is -2.52. The number of methoxy groups -OCH3 is 2. The van der Waals surface area contributed by atoms with Gasteiger partial charge in [0.05, 0.1) is 43.1 Å². The Morgan fingerprint density at radius 3 is 1.15 bits per heavy atom. The molecule has 634 valence electrons. The molecule has 11 amide bonds. The van der Waals surface area contributed by atoms with Crippen LogP contribution in [0.25, 0.3) is 0 Å². The van der Waals surface area contributed by atoms with Crippen LogP contribution in [0, 0.1) is 5.82 Å². The Hall–Kier alpha value is -13.2. The summed E-state index contributed by atoms with van der Waals surface area (Å²) in [5.74, 6) is -1.01. The number of nitrogens with two attached hydrogens (primary N) is 1. The summed E-state index contributed by atoms with van der Waals surface area (Å²) in [5.41, 5.74) is 11.2. The molecule has 124 heavy (non-hydrogen) atoms. The van der Waals surface area contributed by atoms with Crippen molar-refractivity contribution in [2.75, 3.05) is 77.2 Å². The molecule has 24 nitrogen and oxygen atoms in total. The van der Waals surface area contributed by atoms with Crippen LogP contribution in [0.3, 0.4) is 0 Å². The summed E-state index contributed by atoms with van der Waals surface area (Å²) >= 11 is 18.3. The molecule has 4 fully saturated rings. The van der Waals surface area contributed by atoms with E-state index < -0.39 is 34.4 Å². The molecule has 4 N–H and O–H groups in total. The summed E-state index contributed by atoms with van der Waals surface area (Å²) in [6, 6.07) is 67.6. The maximum atomic E-state index is 13.8. The van der Waals surface area contributed by atoms with E-state index >= 15 is 0 Å². The SMILES string of the molecule is CCCC(=O)Nc1cccc2c1C(=O)N1CCN(C(=O)CC)C21c1ccc(Cl)cc1.CCCC(=O)Nc1cccc2c1C(=O)N1CCN(C(=O)c3ccc(F)cc3)C21c1ccc(Cl)cc1.COc1ccc(CC(=O)N2CCN3C(=O)c4ccccc4C23c2ccc(OC)cc2)cc1.NC(=O)CCC(=O)N1CCN2C(=O)c3ccccc3C12c1ccc(Cl)cc1. The van der Waals surface area contributed by atoms with Gasteiger partial charge in [0.25, 0.3) is 29.5 Å². The van der Waals surface area contributed by atoms with Gasteiger partial charge in [-0.2, -0.15) is 0 Å². The van der Waals surface area contributed by atoms with E-state index in [9.17, 15) is 57.1 Å². The zero-order valence-corrected chi connectivity index (χ0v) is 71.0. The van der Waals surface area contributed by atoms with Gasteiger partial charge in [0, 0.05) is 161 Å². The number of halogens is 4. The van der Waals surface area contributed by atoms with E-state index in [1.165, 1.54) is 24.3 Å². The van der Waals surface area contributed by atoms with E-state index in [2.05, 4.69) is 10.6 Å². The van der Waals surface area contributed by atoms with Crippen LogP contribution < -0.4 is 25.8 Å². The van der Waals surface area contributed by atoms with Crippen LogP contribution in [0.15, 0.2) is 231 Å². The second-order valence-electron chi connectivity index (χ2n) is 30.9. The first-order valence-corrected chi connectivity index (χ1v) is 42.2. The van der Waals surface area contributed by atoms with Gasteiger partial charge in [-0.1, -0.05) is 177 Å². The van der Waals surface area contributed by atoms with Crippen LogP contribution in [0.5, 0.6) is 11.5 Å². The zero-order chi connectivity index (χ0) is 87.7. The van der Waals surface area contributed by atoms with Crippen molar-refractivity contribution in [1.29, 1.82) is 0 Å². The van der Waals surface area contributed by atoms with Gasteiger partial charge in [-0.25, -0.2) is 4.39 Å². The summed E-state index contributed by atoms with van der Waals surface area (Å²) in [4.78, 5) is 157. The van der Waals surface area contributed by atoms with Crippen molar-refractivity contribution in [2.45, 2.75) is 94.8 Å². The third-order valence-corrected chi connectivity index (χ3v) is 24.8. The topological polar surface area (TPSA) is 282 Å². The van der Waals surface area contributed by atoms with Crippen molar-refractivity contribution in [3.05, 3.63) is 329 Å². The second kappa shape index (κ2) is 35.3. The second-order valence-corrected chi connectivity index (χ2v) is 32.2. The summed E-state index contributed by atoms with van der Waals surface area (Å²) in [5, 5.41) is 7.44. The fraction of sp³-hybridized carbons (Fsp3) is 0.260. The molecule has 18 rings (SSSR count). The van der Waals surface area contributed by atoms with Gasteiger partial charge in [0.2, 0.25) is 35.4 Å². The number of amides is 11. The minimum absolute atomic E-state index is 0.00880. The molecule has 0 saturated carbocycles. The predicted octanol–water partition coefficient (Wildman–Crippen LogP) is 14.6. The van der Waals surface area contributed by atoms with E-state index in [-0.39, 0.29) is 84.9 Å². The van der Waals surface area contributed by atoms with Crippen molar-refractivity contribution >= 4 is 111 Å². The molecular formula is C96H89Cl3FN11O13. The molecule has 0 spiro atoms. The summed E-state index contributed by atoms with van der Waals surface area (Å²) in [6.45, 7) is 8.87. The number of fused-ring (bicyclic) bond motifs is 12. The fourth-order valence-electron chi connectivity index (χ4n) is 18.8. The molecule has 0 aromatic heterocycles. The predicted molar refractivity (Wildman–Crippen MR) is 465 cm³/mol. The van der Waals surface area contributed by atoms with Crippen LogP contribution in [-0.2, 0) is 57.8 Å². The van der Waals surface area contributed by atoms with Crippen LogP contribution in [-0.4, -0.2) is 171 Å². The highest BCUT2D eigenvalue weighted by molar-refractivity contribution is 6.31. The van der Waals surface area contributed by atoms with Crippen molar-refractivity contribution in [1.82, 2.24) is 39.2 Å². The number of rotatable bonds is 19. The molecule has 0 bridgehead atoms. The molecule has 4 atom stereocenters. The fourth-order valence-corrected chi connectivity index (χ4v) is 19.2. The van der Waals surface area contributed by atoms with Gasteiger partial charge in [-0.05, 0) is 128 Å². The molecule has 4 saturated heterocycles. The van der Waals surface area contributed by atoms with Gasteiger partial charge < -0.3 is 65.0 Å². The molecule has 0 aliphatic carbocycles. The van der Waals surface area contributed by atoms with E-state index in [0.29, 0.717) is 149 Å². The Labute approximate surface area is 731 Å². The van der Waals surface area contributed by atoms with Crippen LogP contribution in [0.2, 0.25) is 15.1 Å². The van der Waals surface area contributed by atoms with E-state index in [0.717, 1.165) is 44.9 Å². The van der Waals surface area contributed by atoms with Crippen molar-refractivity contribution in [3.63, 3.8) is 0 Å². The van der Waals surface area contributed by atoms with E-state index in [1.807, 2.05) is 164 Å². The standard InChI is InChI=1S/C27H23ClFN3O3.C26H24N2O4.C23H24ClN3O3.C20H18ClN3O3/c1-2-4-23(33)30-22-6-3-5-21-24(22)26(35)32-16-15-31(25(34)17-7-13-20(29)14-8-17)27(21,32)18-9-11-19(28)12-10-18;1-31-20-11-7-18(8-12-20)17-24(29)27-15-16-28-25(30)22-5-3-4-6-23(22)26(27,28)19-9-13-21(32-2)14-10-19;1-3-6-19(28)25-18-8-5-7-17-21(18)22(30)27-14-13-26(20(29)4-2)23(17,27)15-9-11-16(24)12-10-15;21-14-7-5-13(6-8-14)20-16-4-2-1-3-15(16)19(27)24(20)12-11-23(20)18(26)10-9-17(22)25/h3,5-14H,2,4,15-16H2,1H3,(H,30,33);3-14H,15-17H2,1-2H3;5,7-12H,3-4,6,13-14H2,1-2H3,(H,25,28);1-8H,9-12H2,(H2,22,25). The summed E-state index contributed by atoms with van der Waals surface area (Å²) < 4.78 is 24.1. The lowest BCUT2D eigenvalue weighted by molar-refractivity contribution is -0.138. The zero-order valence-electron chi connectivity index (χ0n) is 68.7. The molecule has 8 heterocycles. The number of carbonyl (C=O) groups is 11. The summed E-state index contributed by atoms with van der Waals surface area (Å²) in [6.07, 6.45) is 2.66. The molecule has 0 radical (unpaired) electrons. The number of anilines is 2. The molecule has 28 heteroatoms. The van der Waals surface area contributed by atoms with Crippen molar-refractivity contribution in [2.24, 2.45) is 5.73 Å². The number of carbonyl (C=O) groups excluding carboxylic acids is 11. The Kier molecular flexibility index (Phi) is 24.4. The van der Waals surface area contributed by atoms with Crippen LogP contribution in [0.1, 0.15) is 168 Å². The molecule has 8 aliphatic rings. The Bertz CT molecular complexity index is 5890. The number of ether oxygens (including phenoxy) is 2. The highest BCUT2D eigenvalue weighted by Gasteiger charge is 2.64. The Balaban J connectivity index is 0.000000128. The largest absolute Gasteiger partial charge is 0.497 e. The first kappa shape index (κ1) is 85.7. The molecular weight excluding hydrogens is 1640 g/mol. The van der Waals surface area contributed by atoms with Gasteiger partial charge >= 0.3 is 0 Å². The number of benzene rings is 10. The number of primary amides is 1. The Morgan fingerprint density at radius 2 is 0.742 bits per heavy atom. The smallest absolute Gasteiger partial charge is 0.258 e. The highest BCUT2D eigenvalue weighted by atomic mass is 35.5. The van der Waals surface area contributed by atoms with Gasteiger partial charge in [-0.3, -0.25) is 52.7 Å². The average Bonchev–Trinajstić information content (AvgIpc) is 1.55. The summed E-state index contributed by atoms with van der Waals surface area (Å²) in [7, 11) is 3.24. The maximum absolute atomic E-state index is 13.8. The normalized spacial score (nSPS) is 19.3. The van der Waals surface area contributed by atoms with Crippen LogP contribution >= 0.6 is 34.8 Å². The van der Waals surface area contributed by atoms with Gasteiger partial charge in [-0.15, -0.1) is 0 Å². The van der Waals surface area contributed by atoms with Gasteiger partial charge in [0.1, 0.15) is 17.3 Å². The quantitative estimate of drug-likeness (QED) is 0.0680. The van der Waals surface area contributed by atoms with E-state index in [1.54, 1.807) is 116 Å². The average molecular weight is 1730 g/mol. The lowest BCUT2D eigenvalue weighted by Gasteiger charge is -2.40. The van der Waals surface area contributed by atoms with E-state index in [4.69, 9.17) is 50.0 Å². The highest BCUT2D eigenvalue weighted by Crippen LogP contribution is 2.56. The maximum Gasteiger partial charge on any atom is 0.258 e. The number of nitrogens with one attached hydrogen (secondary N) is 2. The third-order valence-electron chi connectivity index (χ3n) is 24.0. The monoisotopic (exact) mass is 1730 g/mol. The minimum Gasteiger partial charge on any atom is -0.497 e. The molecule has 4 unspecified atom stereocenters. The molecule has 8 aliphatic heterocycles. The Morgan fingerprint density at radius 1 is 0.387 bits per heavy atom. The van der Waals surface area contributed by atoms with Gasteiger partial charge in [0.15, 0.2) is 22.7 Å². The van der Waals surface area contributed by atoms with Crippen molar-refractivity contribution in [3.8, 4) is 11.5 Å². The first-order chi connectivity index (χ1) is 59.9. The lowest BCUT2D eigenvalue weighted by atomic mass is 9.89. The molecule has 10 aromatic carbocycles. The minimum atomic E-state index is -1.23.